The minimum Gasteiger partial charge on any atom is -0.389 e. The highest BCUT2D eigenvalue weighted by molar-refractivity contribution is 6.02. The molecular weight excluding hydrogens is 1130 g/mol. The molecule has 1 aromatic heterocycles. The number of aromatic nitrogens is 2. The standard InChI is InChI=1S/C54H100N22O11/c1-33(69-52(86)44(42(77)29-60)75-46(80)35(61)14-3-7-21-56)45(79)67-31-43(78)70-39(17-11-24-59)53(87)76-27-13-19-41(76)51(85)74-40(28-34-30-64-32-68-34)50(84)73-37(16-5-9-23-58)48(82)72-38(18-12-26-66-54(62)63)49(83)71-36(15-4-8-22-57)47(81)65-25-10-2-6-20-55/h18,30,32-33,35-37,39-42,44,77H,2-17,19-29,31,55-61H2,1H3,(H,64,68)(H,65,81)(H,67,79)(H,69,86)(H,70,78)(H,71,83)(H,72,82)(H,73,84)(H,74,85)(H,75,80)(H4,62,63,66)/b38-18-/t33?,35?,36-,37-,39+,40?,41?,42-,44-/m0/s1. The van der Waals surface area contributed by atoms with Crippen LogP contribution in [0, 0.1) is 5.41 Å². The van der Waals surface area contributed by atoms with Crippen molar-refractivity contribution in [2.24, 2.45) is 45.9 Å². The number of nitrogens with two attached hydrogens (primary N) is 8. The molecule has 4 unspecified atom stereocenters. The maximum Gasteiger partial charge on any atom is 0.268 e. The fraction of sp³-hybridized carbons (Fsp3) is 0.704. The molecule has 0 radical (unpaired) electrons. The van der Waals surface area contributed by atoms with Crippen molar-refractivity contribution >= 4 is 65.0 Å². The summed E-state index contributed by atoms with van der Waals surface area (Å²) in [6.07, 6.45) is 9.19. The second-order valence-corrected chi connectivity index (χ2v) is 21.2. The van der Waals surface area contributed by atoms with Crippen LogP contribution >= 0.6 is 0 Å². The monoisotopic (exact) mass is 1230 g/mol. The first-order valence-electron chi connectivity index (χ1n) is 30.0. The fourth-order valence-corrected chi connectivity index (χ4v) is 9.14. The molecule has 1 aromatic rings. The molecule has 87 heavy (non-hydrogen) atoms. The van der Waals surface area contributed by atoms with Crippen molar-refractivity contribution in [3.05, 3.63) is 30.0 Å². The van der Waals surface area contributed by atoms with Crippen LogP contribution in [0.4, 0.5) is 0 Å². The SMILES string of the molecule is CC(NC(=O)[C@@H](NC(=O)C(N)CCCCN)[C@@H](O)CN)C(=O)NCC(=O)N[C@H](CCCN)C(=O)N1CCCC1C(=O)NC(Cc1cnc[nH]1)C(=O)N[C@@H](CCCCN)C(=O)N/C(=C\CCNC(=N)N)C(=O)N[C@@H](CCCCN)C(=O)NCCCCCN. The molecule has 29 N–H and O–H groups in total. The molecule has 0 spiro atoms. The van der Waals surface area contributed by atoms with Gasteiger partial charge in [0.15, 0.2) is 5.96 Å². The molecule has 0 bridgehead atoms. The summed E-state index contributed by atoms with van der Waals surface area (Å²) in [6.45, 7) is 2.38. The lowest BCUT2D eigenvalue weighted by atomic mass is 10.0. The van der Waals surface area contributed by atoms with Crippen LogP contribution in [0.25, 0.3) is 0 Å². The second kappa shape index (κ2) is 43.3. The van der Waals surface area contributed by atoms with Gasteiger partial charge >= 0.3 is 0 Å². The number of carbonyl (C=O) groups is 10. The van der Waals surface area contributed by atoms with Crippen molar-refractivity contribution in [3.8, 4) is 0 Å². The first-order chi connectivity index (χ1) is 41.7. The first kappa shape index (κ1) is 75.7. The number of nitrogens with zero attached hydrogens (tertiary/aromatic N) is 2. The fourth-order valence-electron chi connectivity index (χ4n) is 9.14. The van der Waals surface area contributed by atoms with Crippen molar-refractivity contribution in [1.82, 2.24) is 68.0 Å². The van der Waals surface area contributed by atoms with Crippen LogP contribution in [0.2, 0.25) is 0 Å². The van der Waals surface area contributed by atoms with E-state index >= 15 is 0 Å². The van der Waals surface area contributed by atoms with Gasteiger partial charge in [0.2, 0.25) is 53.2 Å². The van der Waals surface area contributed by atoms with Crippen LogP contribution in [0.5, 0.6) is 0 Å². The Kier molecular flexibility index (Phi) is 37.6. The van der Waals surface area contributed by atoms with E-state index in [-0.39, 0.29) is 89.2 Å². The van der Waals surface area contributed by atoms with Crippen molar-refractivity contribution in [2.75, 3.05) is 65.4 Å². The molecule has 33 nitrogen and oxygen atoms in total. The van der Waals surface area contributed by atoms with Crippen molar-refractivity contribution < 1.29 is 53.1 Å². The summed E-state index contributed by atoms with van der Waals surface area (Å²) in [6, 6.07) is -9.97. The molecule has 0 aromatic carbocycles. The Labute approximate surface area is 508 Å². The minimum atomic E-state index is -1.57. The van der Waals surface area contributed by atoms with Crippen LogP contribution in [-0.4, -0.2) is 205 Å². The number of aliphatic hydroxyl groups excluding tert-OH is 1. The van der Waals surface area contributed by atoms with Crippen LogP contribution in [0.15, 0.2) is 24.3 Å². The average molecular weight is 1230 g/mol. The predicted molar refractivity (Wildman–Crippen MR) is 324 cm³/mol. The number of H-pyrrole nitrogens is 1. The molecular formula is C54H100N22O11. The largest absolute Gasteiger partial charge is 0.389 e. The van der Waals surface area contributed by atoms with Gasteiger partial charge in [0.1, 0.15) is 48.0 Å². The van der Waals surface area contributed by atoms with Crippen molar-refractivity contribution in [3.63, 3.8) is 0 Å². The number of hydrogen-bond acceptors (Lipinski definition) is 20. The van der Waals surface area contributed by atoms with Gasteiger partial charge in [-0.15, -0.1) is 0 Å². The molecule has 2 rings (SSSR count). The molecule has 1 aliphatic rings. The molecule has 2 heterocycles. The zero-order valence-corrected chi connectivity index (χ0v) is 50.3. The van der Waals surface area contributed by atoms with Crippen molar-refractivity contribution in [1.29, 1.82) is 5.41 Å². The molecule has 0 saturated carbocycles. The van der Waals surface area contributed by atoms with E-state index < -0.39 is 127 Å². The highest BCUT2D eigenvalue weighted by Crippen LogP contribution is 2.21. The van der Waals surface area contributed by atoms with E-state index in [0.717, 1.165) is 12.8 Å². The Morgan fingerprint density at radius 2 is 1.29 bits per heavy atom. The van der Waals surface area contributed by atoms with Gasteiger partial charge < -0.3 is 114 Å². The van der Waals surface area contributed by atoms with Gasteiger partial charge in [-0.3, -0.25) is 53.4 Å². The molecule has 33 heteroatoms. The van der Waals surface area contributed by atoms with Gasteiger partial charge in [0, 0.05) is 44.5 Å². The van der Waals surface area contributed by atoms with Crippen molar-refractivity contribution in [2.45, 2.75) is 177 Å². The number of likely N-dealkylation sites (tertiary alicyclic amines) is 1. The highest BCUT2D eigenvalue weighted by Gasteiger charge is 2.40. The average Bonchev–Trinajstić information content (AvgIpc) is 2.88. The Balaban J connectivity index is 2.33. The zero-order chi connectivity index (χ0) is 64.7. The lowest BCUT2D eigenvalue weighted by molar-refractivity contribution is -0.142. The maximum absolute atomic E-state index is 14.5. The van der Waals surface area contributed by atoms with Gasteiger partial charge in [-0.25, -0.2) is 4.98 Å². The number of aliphatic hydroxyl groups is 1. The number of amides is 10. The molecule has 1 fully saturated rings. The van der Waals surface area contributed by atoms with Gasteiger partial charge in [-0.05, 0) is 136 Å². The Hall–Kier alpha value is -7.40. The number of nitrogens with one attached hydrogen (secondary N) is 12. The van der Waals surface area contributed by atoms with Gasteiger partial charge in [0.25, 0.3) is 5.91 Å². The number of unbranched alkanes of at least 4 members (excludes halogenated alkanes) is 5. The summed E-state index contributed by atoms with van der Waals surface area (Å²) in [5, 5.41) is 44.1. The predicted octanol–water partition coefficient (Wildman–Crippen LogP) is -7.12. The van der Waals surface area contributed by atoms with E-state index in [1.165, 1.54) is 30.4 Å². The summed E-state index contributed by atoms with van der Waals surface area (Å²) in [5.41, 5.74) is 45.6. The van der Waals surface area contributed by atoms with E-state index in [1.807, 2.05) is 0 Å². The third-order valence-corrected chi connectivity index (χ3v) is 14.1. The second-order valence-electron chi connectivity index (χ2n) is 21.2. The number of imidazole rings is 1. The lowest BCUT2D eigenvalue weighted by Gasteiger charge is -2.30. The first-order valence-corrected chi connectivity index (χ1v) is 30.0. The van der Waals surface area contributed by atoms with Crippen LogP contribution in [-0.2, 0) is 54.4 Å². The molecule has 492 valence electrons. The number of rotatable bonds is 45. The summed E-state index contributed by atoms with van der Waals surface area (Å²) in [5.74, 6) is -7.93. The van der Waals surface area contributed by atoms with E-state index in [2.05, 4.69) is 63.1 Å². The molecule has 9 atom stereocenters. The Morgan fingerprint density at radius 1 is 0.667 bits per heavy atom. The van der Waals surface area contributed by atoms with Crippen LogP contribution in [0.1, 0.15) is 122 Å². The Morgan fingerprint density at radius 3 is 1.90 bits per heavy atom. The third-order valence-electron chi connectivity index (χ3n) is 14.1. The molecule has 1 aliphatic heterocycles. The topological polar surface area (TPSA) is 575 Å². The smallest absolute Gasteiger partial charge is 0.268 e. The molecule has 0 aliphatic carbocycles. The molecule has 1 saturated heterocycles. The summed E-state index contributed by atoms with van der Waals surface area (Å²) in [4.78, 5) is 146. The Bertz CT molecular complexity index is 2350. The maximum atomic E-state index is 14.5. The molecule has 10 amide bonds. The van der Waals surface area contributed by atoms with E-state index in [9.17, 15) is 53.1 Å². The quantitative estimate of drug-likeness (QED) is 0.0125. The summed E-state index contributed by atoms with van der Waals surface area (Å²) < 4.78 is 0. The highest BCUT2D eigenvalue weighted by atomic mass is 16.3. The van der Waals surface area contributed by atoms with Gasteiger partial charge in [-0.2, -0.15) is 0 Å². The summed E-state index contributed by atoms with van der Waals surface area (Å²) in [7, 11) is 0. The van der Waals surface area contributed by atoms with Crippen LogP contribution < -0.4 is 99.0 Å². The van der Waals surface area contributed by atoms with Crippen LogP contribution in [0.3, 0.4) is 0 Å². The van der Waals surface area contributed by atoms with E-state index in [1.54, 1.807) is 0 Å². The van der Waals surface area contributed by atoms with Gasteiger partial charge in [0.05, 0.1) is 25.0 Å². The normalized spacial score (nSPS) is 15.9. The zero-order valence-electron chi connectivity index (χ0n) is 50.3. The summed E-state index contributed by atoms with van der Waals surface area (Å²) >= 11 is 0. The number of hydrogen-bond donors (Lipinski definition) is 21. The number of carbonyl (C=O) groups excluding carboxylic acids is 10. The lowest BCUT2D eigenvalue weighted by Crippen LogP contribution is -2.60. The third kappa shape index (κ3) is 29.2. The van der Waals surface area contributed by atoms with Gasteiger partial charge in [-0.1, -0.05) is 18.9 Å². The number of aromatic amines is 1. The van der Waals surface area contributed by atoms with E-state index in [0.29, 0.717) is 83.2 Å². The van der Waals surface area contributed by atoms with E-state index in [4.69, 9.17) is 51.3 Å². The number of guanidine groups is 1. The minimum absolute atomic E-state index is 0.0307.